The monoisotopic (exact) mass is 237 g/mol. The van der Waals surface area contributed by atoms with Gasteiger partial charge in [0.15, 0.2) is 0 Å². The van der Waals surface area contributed by atoms with Crippen molar-refractivity contribution in [1.82, 2.24) is 0 Å². The molecule has 0 aromatic heterocycles. The van der Waals surface area contributed by atoms with E-state index in [0.29, 0.717) is 13.2 Å². The Labute approximate surface area is 99.6 Å². The van der Waals surface area contributed by atoms with Gasteiger partial charge < -0.3 is 14.6 Å². The number of hydrogen-bond donors (Lipinski definition) is 1. The first-order valence-electron chi connectivity index (χ1n) is 5.41. The molecule has 1 fully saturated rings. The molecule has 1 N–H and O–H groups in total. The standard InChI is InChI=1S/C12H15NO4/c1-16-8-9-2-4-10(5-3-9)13-6-11(7-14)17-12(13)15/h2-5,11,14H,6-8H2,1H3/t11-/m1/s1. The average molecular weight is 237 g/mol. The van der Waals surface area contributed by atoms with Crippen LogP contribution in [0.4, 0.5) is 10.5 Å². The molecule has 1 aromatic rings. The predicted octanol–water partition coefficient (Wildman–Crippen LogP) is 1.15. The number of ether oxygens (including phenoxy) is 2. The third kappa shape index (κ3) is 2.57. The highest BCUT2D eigenvalue weighted by atomic mass is 16.6. The molecule has 2 rings (SSSR count). The minimum absolute atomic E-state index is 0.149. The molecule has 0 unspecified atom stereocenters. The quantitative estimate of drug-likeness (QED) is 0.853. The largest absolute Gasteiger partial charge is 0.441 e. The summed E-state index contributed by atoms with van der Waals surface area (Å²) in [5.41, 5.74) is 1.81. The number of methoxy groups -OCH3 is 1. The van der Waals surface area contributed by atoms with E-state index in [1.807, 2.05) is 24.3 Å². The van der Waals surface area contributed by atoms with Crippen LogP contribution in [0.3, 0.4) is 0 Å². The van der Waals surface area contributed by atoms with Gasteiger partial charge in [0.05, 0.1) is 19.8 Å². The fourth-order valence-corrected chi connectivity index (χ4v) is 1.77. The number of anilines is 1. The van der Waals surface area contributed by atoms with Gasteiger partial charge in [-0.1, -0.05) is 12.1 Å². The number of aliphatic hydroxyl groups excluding tert-OH is 1. The van der Waals surface area contributed by atoms with E-state index in [4.69, 9.17) is 14.6 Å². The smallest absolute Gasteiger partial charge is 0.414 e. The molecule has 1 aliphatic heterocycles. The Balaban J connectivity index is 2.09. The van der Waals surface area contributed by atoms with Gasteiger partial charge in [-0.05, 0) is 17.7 Å². The van der Waals surface area contributed by atoms with Gasteiger partial charge in [0.1, 0.15) is 6.10 Å². The fourth-order valence-electron chi connectivity index (χ4n) is 1.77. The van der Waals surface area contributed by atoms with E-state index in [1.165, 1.54) is 4.90 Å². The van der Waals surface area contributed by atoms with Gasteiger partial charge in [0, 0.05) is 12.8 Å². The number of carbonyl (C=O) groups excluding carboxylic acids is 1. The molecule has 1 atom stereocenters. The van der Waals surface area contributed by atoms with Gasteiger partial charge in [0.25, 0.3) is 0 Å². The Morgan fingerprint density at radius 1 is 1.47 bits per heavy atom. The van der Waals surface area contributed by atoms with Gasteiger partial charge in [-0.2, -0.15) is 0 Å². The maximum Gasteiger partial charge on any atom is 0.414 e. The lowest BCUT2D eigenvalue weighted by atomic mass is 10.2. The lowest BCUT2D eigenvalue weighted by Crippen LogP contribution is -2.25. The van der Waals surface area contributed by atoms with Crippen LogP contribution in [0.1, 0.15) is 5.56 Å². The predicted molar refractivity (Wildman–Crippen MR) is 61.9 cm³/mol. The van der Waals surface area contributed by atoms with E-state index in [-0.39, 0.29) is 6.61 Å². The summed E-state index contributed by atoms with van der Waals surface area (Å²) in [6.07, 6.45) is -0.843. The lowest BCUT2D eigenvalue weighted by Gasteiger charge is -2.13. The van der Waals surface area contributed by atoms with Crippen molar-refractivity contribution in [3.63, 3.8) is 0 Å². The molecular formula is C12H15NO4. The molecule has 1 amide bonds. The number of benzene rings is 1. The number of rotatable bonds is 4. The van der Waals surface area contributed by atoms with Crippen molar-refractivity contribution in [3.05, 3.63) is 29.8 Å². The lowest BCUT2D eigenvalue weighted by molar-refractivity contribution is 0.0963. The Kier molecular flexibility index (Phi) is 3.61. The Hall–Kier alpha value is -1.59. The summed E-state index contributed by atoms with van der Waals surface area (Å²) >= 11 is 0. The van der Waals surface area contributed by atoms with Crippen molar-refractivity contribution in [1.29, 1.82) is 0 Å². The number of hydrogen-bond acceptors (Lipinski definition) is 4. The van der Waals surface area contributed by atoms with Crippen molar-refractivity contribution in [2.75, 3.05) is 25.2 Å². The summed E-state index contributed by atoms with van der Waals surface area (Å²) in [6.45, 7) is 0.785. The Morgan fingerprint density at radius 3 is 2.71 bits per heavy atom. The molecule has 1 aromatic carbocycles. The van der Waals surface area contributed by atoms with Crippen LogP contribution < -0.4 is 4.90 Å². The number of aliphatic hydroxyl groups is 1. The first kappa shape index (κ1) is 11.9. The van der Waals surface area contributed by atoms with Gasteiger partial charge in [-0.25, -0.2) is 4.79 Å². The van der Waals surface area contributed by atoms with Crippen LogP contribution in [0.15, 0.2) is 24.3 Å². The van der Waals surface area contributed by atoms with Crippen molar-refractivity contribution in [3.8, 4) is 0 Å². The maximum atomic E-state index is 11.5. The maximum absolute atomic E-state index is 11.5. The average Bonchev–Trinajstić information content (AvgIpc) is 2.72. The van der Waals surface area contributed by atoms with E-state index in [1.54, 1.807) is 7.11 Å². The van der Waals surface area contributed by atoms with Crippen molar-refractivity contribution in [2.45, 2.75) is 12.7 Å². The third-order valence-electron chi connectivity index (χ3n) is 2.64. The van der Waals surface area contributed by atoms with Gasteiger partial charge in [0.2, 0.25) is 0 Å². The van der Waals surface area contributed by atoms with Crippen LogP contribution in [0.2, 0.25) is 0 Å². The molecule has 0 bridgehead atoms. The number of cyclic esters (lactones) is 1. The third-order valence-corrected chi connectivity index (χ3v) is 2.64. The van der Waals surface area contributed by atoms with Crippen molar-refractivity contribution in [2.24, 2.45) is 0 Å². The highest BCUT2D eigenvalue weighted by molar-refractivity contribution is 5.89. The summed E-state index contributed by atoms with van der Waals surface area (Å²) < 4.78 is 9.98. The molecule has 1 heterocycles. The molecule has 17 heavy (non-hydrogen) atoms. The van der Waals surface area contributed by atoms with Crippen LogP contribution in [0.25, 0.3) is 0 Å². The van der Waals surface area contributed by atoms with Crippen LogP contribution in [-0.2, 0) is 16.1 Å². The van der Waals surface area contributed by atoms with Gasteiger partial charge in [-0.3, -0.25) is 4.90 Å². The zero-order chi connectivity index (χ0) is 12.3. The second kappa shape index (κ2) is 5.16. The first-order chi connectivity index (χ1) is 8.24. The Morgan fingerprint density at radius 2 is 2.18 bits per heavy atom. The normalized spacial score (nSPS) is 19.5. The molecule has 0 radical (unpaired) electrons. The SMILES string of the molecule is COCc1ccc(N2C[C@H](CO)OC2=O)cc1. The molecular weight excluding hydrogens is 222 g/mol. The molecule has 5 heteroatoms. The van der Waals surface area contributed by atoms with E-state index in [9.17, 15) is 4.79 Å². The number of carbonyl (C=O) groups is 1. The zero-order valence-electron chi connectivity index (χ0n) is 9.63. The molecule has 92 valence electrons. The first-order valence-corrected chi connectivity index (χ1v) is 5.41. The second-order valence-electron chi connectivity index (χ2n) is 3.90. The Bertz CT molecular complexity index is 390. The van der Waals surface area contributed by atoms with Crippen LogP contribution >= 0.6 is 0 Å². The minimum Gasteiger partial charge on any atom is -0.441 e. The zero-order valence-corrected chi connectivity index (χ0v) is 9.63. The topological polar surface area (TPSA) is 59.0 Å². The number of amides is 1. The summed E-state index contributed by atoms with van der Waals surface area (Å²) in [5, 5.41) is 8.94. The van der Waals surface area contributed by atoms with Crippen LogP contribution in [-0.4, -0.2) is 37.6 Å². The molecule has 0 saturated carbocycles. The van der Waals surface area contributed by atoms with Gasteiger partial charge in [-0.15, -0.1) is 0 Å². The molecule has 0 spiro atoms. The van der Waals surface area contributed by atoms with E-state index in [2.05, 4.69) is 0 Å². The minimum atomic E-state index is -0.429. The van der Waals surface area contributed by atoms with Crippen LogP contribution in [0.5, 0.6) is 0 Å². The van der Waals surface area contributed by atoms with E-state index >= 15 is 0 Å². The molecule has 1 aliphatic rings. The van der Waals surface area contributed by atoms with Crippen LogP contribution in [0, 0.1) is 0 Å². The van der Waals surface area contributed by atoms with Crippen molar-refractivity contribution >= 4 is 11.8 Å². The molecule has 0 aliphatic carbocycles. The molecule has 1 saturated heterocycles. The highest BCUT2D eigenvalue weighted by Crippen LogP contribution is 2.22. The summed E-state index contributed by atoms with van der Waals surface area (Å²) in [6, 6.07) is 7.49. The second-order valence-corrected chi connectivity index (χ2v) is 3.90. The summed E-state index contributed by atoms with van der Waals surface area (Å²) in [5.74, 6) is 0. The van der Waals surface area contributed by atoms with E-state index < -0.39 is 12.2 Å². The fraction of sp³-hybridized carbons (Fsp3) is 0.417. The van der Waals surface area contributed by atoms with E-state index in [0.717, 1.165) is 11.3 Å². The highest BCUT2D eigenvalue weighted by Gasteiger charge is 2.31. The number of nitrogens with zero attached hydrogens (tertiary/aromatic N) is 1. The van der Waals surface area contributed by atoms with Gasteiger partial charge >= 0.3 is 6.09 Å². The molecule has 5 nitrogen and oxygen atoms in total. The van der Waals surface area contributed by atoms with Crippen molar-refractivity contribution < 1.29 is 19.4 Å². The summed E-state index contributed by atoms with van der Waals surface area (Å²) in [4.78, 5) is 13.0. The summed E-state index contributed by atoms with van der Waals surface area (Å²) in [7, 11) is 1.64.